The number of halogens is 1. The third-order valence-electron chi connectivity index (χ3n) is 3.78. The number of amides is 1. The molecule has 0 aromatic heterocycles. The van der Waals surface area contributed by atoms with Crippen LogP contribution in [0.5, 0.6) is 0 Å². The molecule has 7 heteroatoms. The number of rotatable bonds is 6. The molecule has 1 atom stereocenters. The monoisotopic (exact) mass is 358 g/mol. The summed E-state index contributed by atoms with van der Waals surface area (Å²) in [5.41, 5.74) is -1.01. The summed E-state index contributed by atoms with van der Waals surface area (Å²) in [5.74, 6) is -2.45. The van der Waals surface area contributed by atoms with E-state index in [-0.39, 0.29) is 12.1 Å². The van der Waals surface area contributed by atoms with Gasteiger partial charge in [0.1, 0.15) is 11.2 Å². The smallest absolute Gasteiger partial charge is 0.314 e. The van der Waals surface area contributed by atoms with Crippen LogP contribution in [0.2, 0.25) is 0 Å². The molecule has 128 valence electrons. The fourth-order valence-corrected chi connectivity index (χ4v) is 2.74. The summed E-state index contributed by atoms with van der Waals surface area (Å²) in [7, 11) is 0. The van der Waals surface area contributed by atoms with E-state index in [1.54, 1.807) is 30.3 Å². The molecule has 0 aliphatic carbocycles. The summed E-state index contributed by atoms with van der Waals surface area (Å²) < 4.78 is 14.0. The van der Waals surface area contributed by atoms with Crippen molar-refractivity contribution in [2.75, 3.05) is 5.32 Å². The molecular formula is C18H15FN2O3S. The number of nitrogens with one attached hydrogen (secondary N) is 1. The number of aliphatic carboxylic acids is 1. The molecule has 0 unspecified atom stereocenters. The third-order valence-corrected chi connectivity index (χ3v) is 4.36. The highest BCUT2D eigenvalue weighted by atomic mass is 32.2. The first kappa shape index (κ1) is 18.5. The number of carbonyl (C=O) groups excluding carboxylic acids is 1. The SMILES string of the molecule is C[C@](CC(=O)Nc1ccc(SC#N)cc1F)(C(=O)O)c1ccccc1. The number of nitrogens with zero attached hydrogens (tertiary/aromatic N) is 1. The Morgan fingerprint density at radius 3 is 2.52 bits per heavy atom. The van der Waals surface area contributed by atoms with Crippen molar-refractivity contribution in [1.82, 2.24) is 0 Å². The quantitative estimate of drug-likeness (QED) is 0.606. The van der Waals surface area contributed by atoms with Crippen LogP contribution in [0, 0.1) is 16.5 Å². The number of thiocyanates is 1. The predicted molar refractivity (Wildman–Crippen MR) is 92.5 cm³/mol. The zero-order chi connectivity index (χ0) is 18.4. The average Bonchev–Trinajstić information content (AvgIpc) is 2.58. The number of anilines is 1. The number of hydrogen-bond donors (Lipinski definition) is 2. The van der Waals surface area contributed by atoms with Crippen LogP contribution < -0.4 is 5.32 Å². The Balaban J connectivity index is 2.18. The molecule has 0 aliphatic heterocycles. The summed E-state index contributed by atoms with van der Waals surface area (Å²) >= 11 is 0.803. The normalized spacial score (nSPS) is 12.7. The first-order chi connectivity index (χ1) is 11.9. The van der Waals surface area contributed by atoms with Gasteiger partial charge in [0, 0.05) is 11.3 Å². The van der Waals surface area contributed by atoms with Crippen molar-refractivity contribution in [2.24, 2.45) is 0 Å². The lowest BCUT2D eigenvalue weighted by Gasteiger charge is -2.24. The first-order valence-corrected chi connectivity index (χ1v) is 8.13. The zero-order valence-electron chi connectivity index (χ0n) is 13.3. The minimum Gasteiger partial charge on any atom is -0.481 e. The molecule has 0 fully saturated rings. The molecular weight excluding hydrogens is 343 g/mol. The van der Waals surface area contributed by atoms with E-state index in [2.05, 4.69) is 5.32 Å². The van der Waals surface area contributed by atoms with Gasteiger partial charge in [0.05, 0.1) is 11.1 Å². The molecule has 1 amide bonds. The van der Waals surface area contributed by atoms with Crippen LogP contribution in [0.1, 0.15) is 18.9 Å². The number of carboxylic acids is 1. The molecule has 0 saturated carbocycles. The topological polar surface area (TPSA) is 90.2 Å². The highest BCUT2D eigenvalue weighted by Crippen LogP contribution is 2.29. The zero-order valence-corrected chi connectivity index (χ0v) is 14.1. The molecule has 0 aliphatic rings. The van der Waals surface area contributed by atoms with Gasteiger partial charge in [0.25, 0.3) is 0 Å². The van der Waals surface area contributed by atoms with Gasteiger partial charge in [-0.05, 0) is 42.4 Å². The Morgan fingerprint density at radius 2 is 1.96 bits per heavy atom. The number of carbonyl (C=O) groups is 2. The van der Waals surface area contributed by atoms with E-state index in [0.29, 0.717) is 10.5 Å². The molecule has 2 aromatic rings. The van der Waals surface area contributed by atoms with E-state index in [1.165, 1.54) is 19.1 Å². The van der Waals surface area contributed by atoms with Crippen molar-refractivity contribution in [2.45, 2.75) is 23.7 Å². The lowest BCUT2D eigenvalue weighted by atomic mass is 9.79. The van der Waals surface area contributed by atoms with Gasteiger partial charge in [-0.1, -0.05) is 30.3 Å². The van der Waals surface area contributed by atoms with Crippen molar-refractivity contribution in [3.8, 4) is 5.40 Å². The van der Waals surface area contributed by atoms with Gasteiger partial charge < -0.3 is 10.4 Å². The maximum Gasteiger partial charge on any atom is 0.314 e. The second-order valence-electron chi connectivity index (χ2n) is 5.56. The number of nitriles is 1. The molecule has 0 radical (unpaired) electrons. The third kappa shape index (κ3) is 4.37. The summed E-state index contributed by atoms with van der Waals surface area (Å²) in [6.45, 7) is 1.45. The standard InChI is InChI=1S/C18H15FN2O3S/c1-18(17(23)24,12-5-3-2-4-6-12)10-16(22)21-15-8-7-13(25-11-20)9-14(15)19/h2-9H,10H2,1H3,(H,21,22)(H,23,24)/t18-/m1/s1. The molecule has 2 aromatic carbocycles. The summed E-state index contributed by atoms with van der Waals surface area (Å²) in [5, 5.41) is 22.4. The fourth-order valence-electron chi connectivity index (χ4n) is 2.34. The maximum atomic E-state index is 14.0. The van der Waals surface area contributed by atoms with Crippen molar-refractivity contribution in [3.05, 3.63) is 59.9 Å². The van der Waals surface area contributed by atoms with E-state index in [9.17, 15) is 19.1 Å². The molecule has 0 saturated heterocycles. The minimum atomic E-state index is -1.43. The number of thioether (sulfide) groups is 1. The van der Waals surface area contributed by atoms with Crippen LogP contribution >= 0.6 is 11.8 Å². The first-order valence-electron chi connectivity index (χ1n) is 7.31. The maximum absolute atomic E-state index is 14.0. The molecule has 2 N–H and O–H groups in total. The van der Waals surface area contributed by atoms with Crippen molar-refractivity contribution in [1.29, 1.82) is 5.26 Å². The number of hydrogen-bond acceptors (Lipinski definition) is 4. The van der Waals surface area contributed by atoms with Gasteiger partial charge in [0.2, 0.25) is 5.91 Å². The second-order valence-corrected chi connectivity index (χ2v) is 6.42. The van der Waals surface area contributed by atoms with Gasteiger partial charge >= 0.3 is 5.97 Å². The van der Waals surface area contributed by atoms with Crippen LogP contribution in [0.25, 0.3) is 0 Å². The molecule has 0 heterocycles. The van der Waals surface area contributed by atoms with Gasteiger partial charge in [0.15, 0.2) is 0 Å². The van der Waals surface area contributed by atoms with E-state index in [4.69, 9.17) is 5.26 Å². The van der Waals surface area contributed by atoms with Crippen LogP contribution in [-0.2, 0) is 15.0 Å². The average molecular weight is 358 g/mol. The number of carboxylic acid groups (broad SMARTS) is 1. The minimum absolute atomic E-state index is 0.0620. The van der Waals surface area contributed by atoms with Crippen molar-refractivity contribution in [3.63, 3.8) is 0 Å². The van der Waals surface area contributed by atoms with Gasteiger partial charge in [-0.15, -0.1) is 0 Å². The van der Waals surface area contributed by atoms with Crippen molar-refractivity contribution >= 4 is 29.3 Å². The van der Waals surface area contributed by atoms with Gasteiger partial charge in [-0.3, -0.25) is 9.59 Å². The van der Waals surface area contributed by atoms with Gasteiger partial charge in [-0.2, -0.15) is 5.26 Å². The van der Waals surface area contributed by atoms with E-state index in [1.807, 2.05) is 5.40 Å². The predicted octanol–water partition coefficient (Wildman–Crippen LogP) is 3.77. The van der Waals surface area contributed by atoms with E-state index in [0.717, 1.165) is 17.8 Å². The summed E-state index contributed by atoms with van der Waals surface area (Å²) in [4.78, 5) is 24.4. The Labute approximate surface area is 148 Å². The van der Waals surface area contributed by atoms with Crippen LogP contribution in [-0.4, -0.2) is 17.0 Å². The summed E-state index contributed by atoms with van der Waals surface area (Å²) in [6.07, 6.45) is -0.347. The molecule has 2 rings (SSSR count). The van der Waals surface area contributed by atoms with E-state index >= 15 is 0 Å². The van der Waals surface area contributed by atoms with E-state index < -0.39 is 23.1 Å². The molecule has 25 heavy (non-hydrogen) atoms. The Kier molecular flexibility index (Phi) is 5.78. The van der Waals surface area contributed by atoms with Crippen LogP contribution in [0.3, 0.4) is 0 Å². The second kappa shape index (κ2) is 7.81. The summed E-state index contributed by atoms with van der Waals surface area (Å²) in [6, 6.07) is 12.4. The molecule has 0 spiro atoms. The Bertz CT molecular complexity index is 836. The highest BCUT2D eigenvalue weighted by molar-refractivity contribution is 8.03. The lowest BCUT2D eigenvalue weighted by Crippen LogP contribution is -2.36. The van der Waals surface area contributed by atoms with Gasteiger partial charge in [-0.25, -0.2) is 4.39 Å². The largest absolute Gasteiger partial charge is 0.481 e. The van der Waals surface area contributed by atoms with Crippen LogP contribution in [0.15, 0.2) is 53.4 Å². The highest BCUT2D eigenvalue weighted by Gasteiger charge is 2.37. The fraction of sp³-hybridized carbons (Fsp3) is 0.167. The molecule has 5 nitrogen and oxygen atoms in total. The van der Waals surface area contributed by atoms with Crippen molar-refractivity contribution < 1.29 is 19.1 Å². The lowest BCUT2D eigenvalue weighted by molar-refractivity contribution is -0.145. The molecule has 0 bridgehead atoms. The Hall–Kier alpha value is -2.85. The Morgan fingerprint density at radius 1 is 1.28 bits per heavy atom. The number of benzene rings is 2. The van der Waals surface area contributed by atoms with Crippen LogP contribution in [0.4, 0.5) is 10.1 Å².